The van der Waals surface area contributed by atoms with Crippen LogP contribution in [0.25, 0.3) is 0 Å². The van der Waals surface area contributed by atoms with E-state index in [0.29, 0.717) is 30.5 Å². The van der Waals surface area contributed by atoms with Crippen molar-refractivity contribution in [3.63, 3.8) is 0 Å². The predicted molar refractivity (Wildman–Crippen MR) is 81.6 cm³/mol. The molecule has 1 aromatic carbocycles. The first kappa shape index (κ1) is 13.6. The van der Waals surface area contributed by atoms with Crippen LogP contribution in [0.15, 0.2) is 18.2 Å². The molecule has 0 unspecified atom stereocenters. The van der Waals surface area contributed by atoms with Crippen molar-refractivity contribution in [2.45, 2.75) is 59.0 Å². The smallest absolute Gasteiger partial charge is 0.224 e. The molecule has 0 spiro atoms. The molecule has 20 heavy (non-hydrogen) atoms. The van der Waals surface area contributed by atoms with Gasteiger partial charge in [-0.3, -0.25) is 4.79 Å². The summed E-state index contributed by atoms with van der Waals surface area (Å²) >= 11 is 0. The van der Waals surface area contributed by atoms with Crippen molar-refractivity contribution in [2.24, 2.45) is 5.41 Å². The largest absolute Gasteiger partial charge is 0.385 e. The fraction of sp³-hybridized carbons (Fsp3) is 0.588. The van der Waals surface area contributed by atoms with Gasteiger partial charge >= 0.3 is 0 Å². The quantitative estimate of drug-likeness (QED) is 0.883. The van der Waals surface area contributed by atoms with Crippen LogP contribution >= 0.6 is 0 Å². The van der Waals surface area contributed by atoms with Crippen molar-refractivity contribution in [3.8, 4) is 0 Å². The molecule has 0 aromatic heterocycles. The summed E-state index contributed by atoms with van der Waals surface area (Å²) in [6.45, 7) is 7.83. The van der Waals surface area contributed by atoms with Gasteiger partial charge in [-0.2, -0.15) is 0 Å². The van der Waals surface area contributed by atoms with E-state index in [1.807, 2.05) is 45.9 Å². The van der Waals surface area contributed by atoms with E-state index in [4.69, 9.17) is 1.41 Å². The maximum atomic E-state index is 12.4. The number of anilines is 1. The summed E-state index contributed by atoms with van der Waals surface area (Å²) in [5.74, 6) is -0.235. The van der Waals surface area contributed by atoms with E-state index >= 15 is 0 Å². The van der Waals surface area contributed by atoms with E-state index in [1.54, 1.807) is 0 Å². The van der Waals surface area contributed by atoms with E-state index in [0.717, 1.165) is 17.3 Å². The number of hydrogen-bond donors (Lipinski definition) is 2. The molecule has 1 aliphatic carbocycles. The van der Waals surface area contributed by atoms with Gasteiger partial charge in [-0.15, -0.1) is 0 Å². The molecule has 0 atom stereocenters. The van der Waals surface area contributed by atoms with E-state index in [2.05, 4.69) is 0 Å². The van der Waals surface area contributed by atoms with Crippen LogP contribution in [0.4, 0.5) is 5.69 Å². The highest BCUT2D eigenvalue weighted by molar-refractivity contribution is 5.93. The number of nitrogens with one attached hydrogen (secondary N) is 1. The first-order valence-corrected chi connectivity index (χ1v) is 7.28. The van der Waals surface area contributed by atoms with Crippen molar-refractivity contribution in [1.29, 1.82) is 0 Å². The molecule has 1 amide bonds. The van der Waals surface area contributed by atoms with Crippen LogP contribution in [0, 0.1) is 12.3 Å². The van der Waals surface area contributed by atoms with Crippen LogP contribution in [-0.2, 0) is 10.4 Å². The highest BCUT2D eigenvalue weighted by Gasteiger charge is 2.38. The summed E-state index contributed by atoms with van der Waals surface area (Å²) in [4.78, 5) is 12.4. The van der Waals surface area contributed by atoms with Crippen LogP contribution in [0.1, 0.15) is 57.6 Å². The lowest BCUT2D eigenvalue weighted by Crippen LogP contribution is -2.35. The molecule has 1 fully saturated rings. The Balaban J connectivity index is 2.36. The number of amides is 1. The third-order valence-corrected chi connectivity index (χ3v) is 3.84. The molecular weight excluding hydrogens is 250 g/mol. The topological polar surface area (TPSA) is 49.3 Å². The van der Waals surface area contributed by atoms with Crippen molar-refractivity contribution < 1.29 is 11.3 Å². The molecule has 0 bridgehead atoms. The Bertz CT molecular complexity index is 544. The summed E-state index contributed by atoms with van der Waals surface area (Å²) < 4.78 is 8.23. The lowest BCUT2D eigenvalue weighted by molar-refractivity contribution is -0.117. The van der Waals surface area contributed by atoms with Gasteiger partial charge in [-0.25, -0.2) is 0 Å². The van der Waals surface area contributed by atoms with Gasteiger partial charge in [0.15, 0.2) is 1.41 Å². The lowest BCUT2D eigenvalue weighted by atomic mass is 9.74. The van der Waals surface area contributed by atoms with Gasteiger partial charge in [-0.1, -0.05) is 39.0 Å². The summed E-state index contributed by atoms with van der Waals surface area (Å²) in [7, 11) is 0. The molecule has 1 aliphatic rings. The van der Waals surface area contributed by atoms with Gasteiger partial charge in [0.25, 0.3) is 0 Å². The number of carbonyl (C=O) groups excluding carboxylic acids is 1. The van der Waals surface area contributed by atoms with Crippen molar-refractivity contribution in [2.75, 3.05) is 5.31 Å². The summed E-state index contributed by atoms with van der Waals surface area (Å²) in [6, 6.07) is 5.60. The van der Waals surface area contributed by atoms with Gasteiger partial charge in [-0.05, 0) is 37.2 Å². The molecule has 1 aromatic rings. The van der Waals surface area contributed by atoms with Crippen LogP contribution in [0.2, 0.25) is 1.41 Å². The number of hydrogen-bond acceptors (Lipinski definition) is 2. The molecule has 2 rings (SSSR count). The Morgan fingerprint density at radius 1 is 1.45 bits per heavy atom. The van der Waals surface area contributed by atoms with Crippen LogP contribution in [-0.4, -0.2) is 11.0 Å². The molecule has 3 nitrogen and oxygen atoms in total. The zero-order chi connectivity index (χ0) is 15.8. The van der Waals surface area contributed by atoms with Gasteiger partial charge in [0.1, 0.15) is 0 Å². The fourth-order valence-electron chi connectivity index (χ4n) is 2.58. The number of para-hydroxylation sites is 1. The first-order chi connectivity index (χ1) is 9.64. The molecule has 0 radical (unpaired) electrons. The zero-order valence-corrected chi connectivity index (χ0v) is 12.9. The third kappa shape index (κ3) is 3.21. The Morgan fingerprint density at radius 2 is 2.10 bits per heavy atom. The molecule has 0 saturated heterocycles. The second kappa shape index (κ2) is 5.21. The van der Waals surface area contributed by atoms with Crippen molar-refractivity contribution in [1.82, 2.24) is 0 Å². The molecule has 0 heterocycles. The molecule has 1 saturated carbocycles. The number of aryl methyl sites for hydroxylation is 1. The maximum Gasteiger partial charge on any atom is 0.224 e. The number of benzene rings is 1. The molecular formula is C17H25NO2. The molecule has 3 heteroatoms. The summed E-state index contributed by atoms with van der Waals surface area (Å²) in [6.07, 6.45) is 2.69. The van der Waals surface area contributed by atoms with E-state index < -0.39 is 5.60 Å². The van der Waals surface area contributed by atoms with Crippen molar-refractivity contribution in [3.05, 3.63) is 29.3 Å². The minimum Gasteiger partial charge on any atom is -0.385 e. The van der Waals surface area contributed by atoms with Gasteiger partial charge in [0, 0.05) is 17.7 Å². The predicted octanol–water partition coefficient (Wildman–Crippen LogP) is 3.74. The van der Waals surface area contributed by atoms with Crippen molar-refractivity contribution >= 4 is 11.6 Å². The van der Waals surface area contributed by atoms with E-state index in [9.17, 15) is 9.90 Å². The Labute approximate surface area is 122 Å². The standard InChI is InChI=1S/C17H25NO2/c1-12-7-5-8-13(17(20)9-6-10-17)15(12)18-14(19)11-16(2,3)4/h5,7-8,20H,6,9-11H2,1-4H3,(H,18,19)/i/hD. The average molecular weight is 276 g/mol. The third-order valence-electron chi connectivity index (χ3n) is 3.84. The fourth-order valence-corrected chi connectivity index (χ4v) is 2.58. The Morgan fingerprint density at radius 3 is 2.60 bits per heavy atom. The Hall–Kier alpha value is -1.35. The average Bonchev–Trinajstić information content (AvgIpc) is 2.32. The monoisotopic (exact) mass is 276 g/mol. The zero-order valence-electron chi connectivity index (χ0n) is 13.9. The maximum absolute atomic E-state index is 12.4. The van der Waals surface area contributed by atoms with Gasteiger partial charge in [0.2, 0.25) is 5.91 Å². The van der Waals surface area contributed by atoms with Gasteiger partial charge in [0.05, 0.1) is 5.60 Å². The van der Waals surface area contributed by atoms with E-state index in [-0.39, 0.29) is 11.3 Å². The minimum absolute atomic E-state index is 0.160. The minimum atomic E-state index is -0.872. The second-order valence-electron chi connectivity index (χ2n) is 7.10. The Kier molecular flexibility index (Phi) is 3.55. The normalized spacial score (nSPS) is 18.1. The molecule has 110 valence electrons. The number of aliphatic hydroxyl groups is 1. The highest BCUT2D eigenvalue weighted by atomic mass is 16.3. The van der Waals surface area contributed by atoms with Gasteiger partial charge < -0.3 is 10.4 Å². The molecule has 2 N–H and O–H groups in total. The highest BCUT2D eigenvalue weighted by Crippen LogP contribution is 2.44. The second-order valence-corrected chi connectivity index (χ2v) is 7.10. The number of carbonyl (C=O) groups is 1. The van der Waals surface area contributed by atoms with Crippen LogP contribution in [0.3, 0.4) is 0 Å². The van der Waals surface area contributed by atoms with Crippen LogP contribution < -0.4 is 5.31 Å². The van der Waals surface area contributed by atoms with E-state index in [1.165, 1.54) is 0 Å². The lowest BCUT2D eigenvalue weighted by Gasteiger charge is -2.38. The molecule has 0 aliphatic heterocycles. The first-order valence-electron chi connectivity index (χ1n) is 7.73. The summed E-state index contributed by atoms with van der Waals surface area (Å²) in [5.41, 5.74) is 1.08. The SMILES string of the molecule is [2H]N(C(=O)CC(C)(C)C)c1c(C)cccc1C1(O)CCC1. The summed E-state index contributed by atoms with van der Waals surface area (Å²) in [5, 5.41) is 11.6. The number of rotatable bonds is 3. The van der Waals surface area contributed by atoms with Crippen LogP contribution in [0.5, 0.6) is 0 Å².